The van der Waals surface area contributed by atoms with Crippen LogP contribution in [0.3, 0.4) is 0 Å². The summed E-state index contributed by atoms with van der Waals surface area (Å²) in [4.78, 5) is 0. The molecule has 0 saturated carbocycles. The third kappa shape index (κ3) is 1.03. The molecule has 0 bridgehead atoms. The second-order valence-electron chi connectivity index (χ2n) is 1.45. The molecule has 0 aliphatic carbocycles. The summed E-state index contributed by atoms with van der Waals surface area (Å²) in [7, 11) is 0. The summed E-state index contributed by atoms with van der Waals surface area (Å²) in [5, 5.41) is 0. The molecule has 1 aliphatic rings. The first-order valence-corrected chi connectivity index (χ1v) is 2.51. The topological polar surface area (TPSA) is 18.5 Å². The van der Waals surface area contributed by atoms with E-state index in [1.54, 1.807) is 6.26 Å². The van der Waals surface area contributed by atoms with Crippen molar-refractivity contribution in [1.29, 1.82) is 0 Å². The highest BCUT2D eigenvalue weighted by atomic mass is 16.7. The van der Waals surface area contributed by atoms with Gasteiger partial charge in [-0.1, -0.05) is 6.08 Å². The Morgan fingerprint density at radius 1 is 1.75 bits per heavy atom. The van der Waals surface area contributed by atoms with Crippen molar-refractivity contribution in [3.8, 4) is 0 Å². The van der Waals surface area contributed by atoms with E-state index in [1.807, 2.05) is 19.1 Å². The summed E-state index contributed by atoms with van der Waals surface area (Å²) >= 11 is 0. The van der Waals surface area contributed by atoms with Gasteiger partial charge in [0, 0.05) is 0 Å². The Balaban J connectivity index is 2.45. The minimum absolute atomic E-state index is 0.361. The van der Waals surface area contributed by atoms with Crippen LogP contribution in [0.4, 0.5) is 0 Å². The number of hydrogen-bond acceptors (Lipinski definition) is 2. The molecule has 0 amide bonds. The smallest absolute Gasteiger partial charge is 0.230 e. The lowest BCUT2D eigenvalue weighted by Crippen LogP contribution is -1.80. The third-order valence-electron chi connectivity index (χ3n) is 0.824. The maximum atomic E-state index is 4.95. The quantitative estimate of drug-likeness (QED) is 0.510. The van der Waals surface area contributed by atoms with Crippen LogP contribution in [-0.2, 0) is 9.47 Å². The van der Waals surface area contributed by atoms with E-state index >= 15 is 0 Å². The lowest BCUT2D eigenvalue weighted by molar-refractivity contribution is 0.0844. The zero-order valence-corrected chi connectivity index (χ0v) is 4.76. The monoisotopic (exact) mass is 112 g/mol. The zero-order valence-electron chi connectivity index (χ0n) is 4.76. The van der Waals surface area contributed by atoms with Crippen molar-refractivity contribution in [2.24, 2.45) is 0 Å². The molecular formula is C6H8O2. The Hall–Kier alpha value is -0.920. The van der Waals surface area contributed by atoms with Crippen LogP contribution < -0.4 is 0 Å². The van der Waals surface area contributed by atoms with Gasteiger partial charge >= 0.3 is 0 Å². The molecule has 0 saturated heterocycles. The molecule has 2 heteroatoms. The lowest BCUT2D eigenvalue weighted by Gasteiger charge is -1.89. The highest BCUT2D eigenvalue weighted by molar-refractivity contribution is 5.09. The summed E-state index contributed by atoms with van der Waals surface area (Å²) in [6.45, 7) is 2.29. The molecule has 0 aromatic rings. The normalized spacial score (nSPS) is 17.9. The van der Waals surface area contributed by atoms with Crippen molar-refractivity contribution in [3.05, 3.63) is 24.2 Å². The lowest BCUT2D eigenvalue weighted by atomic mass is 10.5. The molecule has 0 fully saturated rings. The molecule has 1 heterocycles. The van der Waals surface area contributed by atoms with E-state index in [-0.39, 0.29) is 0 Å². The van der Waals surface area contributed by atoms with E-state index in [1.165, 1.54) is 0 Å². The summed E-state index contributed by atoms with van der Waals surface area (Å²) in [6.07, 6.45) is 5.35. The fraction of sp³-hybridized carbons (Fsp3) is 0.333. The van der Waals surface area contributed by atoms with Gasteiger partial charge in [0.1, 0.15) is 6.26 Å². The van der Waals surface area contributed by atoms with Gasteiger partial charge in [0.2, 0.25) is 6.79 Å². The molecule has 0 aromatic heterocycles. The highest BCUT2D eigenvalue weighted by Crippen LogP contribution is 2.06. The van der Waals surface area contributed by atoms with E-state index < -0.39 is 0 Å². The number of hydrogen-bond donors (Lipinski definition) is 0. The van der Waals surface area contributed by atoms with Gasteiger partial charge < -0.3 is 9.47 Å². The third-order valence-corrected chi connectivity index (χ3v) is 0.824. The standard InChI is InChI=1S/C6H8O2/c1-2-3-6-4-7-5-8-6/h2-4H,5H2,1H3/b3-2-. The van der Waals surface area contributed by atoms with Crippen LogP contribution in [0.1, 0.15) is 6.92 Å². The van der Waals surface area contributed by atoms with Crippen LogP contribution in [0.25, 0.3) is 0 Å². The van der Waals surface area contributed by atoms with Gasteiger partial charge in [0.25, 0.3) is 0 Å². The van der Waals surface area contributed by atoms with Crippen molar-refractivity contribution in [2.45, 2.75) is 6.92 Å². The minimum Gasteiger partial charge on any atom is -0.461 e. The van der Waals surface area contributed by atoms with Crippen molar-refractivity contribution in [3.63, 3.8) is 0 Å². The molecule has 0 radical (unpaired) electrons. The van der Waals surface area contributed by atoms with Crippen LogP contribution in [0.5, 0.6) is 0 Å². The van der Waals surface area contributed by atoms with E-state index in [0.717, 1.165) is 5.76 Å². The fourth-order valence-corrected chi connectivity index (χ4v) is 0.504. The summed E-state index contributed by atoms with van der Waals surface area (Å²) in [6, 6.07) is 0. The van der Waals surface area contributed by atoms with Gasteiger partial charge in [0.05, 0.1) is 0 Å². The van der Waals surface area contributed by atoms with Gasteiger partial charge in [-0.25, -0.2) is 0 Å². The second-order valence-corrected chi connectivity index (χ2v) is 1.45. The second kappa shape index (κ2) is 2.40. The van der Waals surface area contributed by atoms with Crippen LogP contribution in [-0.4, -0.2) is 6.79 Å². The number of allylic oxidation sites excluding steroid dienone is 2. The van der Waals surface area contributed by atoms with E-state index in [9.17, 15) is 0 Å². The van der Waals surface area contributed by atoms with Crippen molar-refractivity contribution in [2.75, 3.05) is 6.79 Å². The van der Waals surface area contributed by atoms with E-state index in [0.29, 0.717) is 6.79 Å². The van der Waals surface area contributed by atoms with Crippen molar-refractivity contribution >= 4 is 0 Å². The molecule has 0 aromatic carbocycles. The molecule has 2 nitrogen and oxygen atoms in total. The molecule has 8 heavy (non-hydrogen) atoms. The van der Waals surface area contributed by atoms with Gasteiger partial charge in [0.15, 0.2) is 5.76 Å². The maximum Gasteiger partial charge on any atom is 0.230 e. The molecule has 0 atom stereocenters. The predicted octanol–water partition coefficient (Wildman–Crippen LogP) is 1.41. The Bertz CT molecular complexity index is 124. The number of ether oxygens (including phenoxy) is 2. The van der Waals surface area contributed by atoms with Crippen LogP contribution in [0.15, 0.2) is 24.2 Å². The summed E-state index contributed by atoms with van der Waals surface area (Å²) in [5.74, 6) is 0.799. The van der Waals surface area contributed by atoms with Crippen molar-refractivity contribution in [1.82, 2.24) is 0 Å². The molecule has 0 unspecified atom stereocenters. The Morgan fingerprint density at radius 2 is 2.62 bits per heavy atom. The predicted molar refractivity (Wildman–Crippen MR) is 29.9 cm³/mol. The first kappa shape index (κ1) is 5.22. The van der Waals surface area contributed by atoms with Crippen molar-refractivity contribution < 1.29 is 9.47 Å². The molecule has 44 valence electrons. The Labute approximate surface area is 48.4 Å². The van der Waals surface area contributed by atoms with Gasteiger partial charge in [-0.3, -0.25) is 0 Å². The molecule has 1 aliphatic heterocycles. The van der Waals surface area contributed by atoms with E-state index in [4.69, 9.17) is 9.47 Å². The zero-order chi connectivity index (χ0) is 5.82. The number of rotatable bonds is 1. The molecule has 0 N–H and O–H groups in total. The fourth-order valence-electron chi connectivity index (χ4n) is 0.504. The van der Waals surface area contributed by atoms with E-state index in [2.05, 4.69) is 0 Å². The van der Waals surface area contributed by atoms with Gasteiger partial charge in [-0.15, -0.1) is 0 Å². The first-order chi connectivity index (χ1) is 3.93. The molecular weight excluding hydrogens is 104 g/mol. The average Bonchev–Trinajstić information content (AvgIpc) is 2.19. The summed E-state index contributed by atoms with van der Waals surface area (Å²) < 4.78 is 9.72. The van der Waals surface area contributed by atoms with Crippen LogP contribution >= 0.6 is 0 Å². The Kier molecular flexibility index (Phi) is 1.57. The van der Waals surface area contributed by atoms with Crippen LogP contribution in [0.2, 0.25) is 0 Å². The average molecular weight is 112 g/mol. The van der Waals surface area contributed by atoms with Gasteiger partial charge in [-0.05, 0) is 13.0 Å². The minimum atomic E-state index is 0.361. The van der Waals surface area contributed by atoms with Crippen LogP contribution in [0, 0.1) is 0 Å². The highest BCUT2D eigenvalue weighted by Gasteiger charge is 1.98. The SMILES string of the molecule is C/C=C\C1=COCO1. The first-order valence-electron chi connectivity index (χ1n) is 2.51. The largest absolute Gasteiger partial charge is 0.461 e. The molecule has 0 spiro atoms. The van der Waals surface area contributed by atoms with Gasteiger partial charge in [-0.2, -0.15) is 0 Å². The molecule has 1 rings (SSSR count). The Morgan fingerprint density at radius 3 is 3.12 bits per heavy atom. The maximum absolute atomic E-state index is 4.95. The summed E-state index contributed by atoms with van der Waals surface area (Å²) in [5.41, 5.74) is 0.